The molecule has 0 fully saturated rings. The van der Waals surface area contributed by atoms with Gasteiger partial charge in [0.15, 0.2) is 0 Å². The second-order valence-electron chi connectivity index (χ2n) is 4.98. The van der Waals surface area contributed by atoms with Gasteiger partial charge < -0.3 is 10.6 Å². The third-order valence-corrected chi connectivity index (χ3v) is 4.44. The predicted octanol–water partition coefficient (Wildman–Crippen LogP) is 3.36. The molecule has 20 heavy (non-hydrogen) atoms. The topological polar surface area (TPSA) is 41.1 Å². The third-order valence-electron chi connectivity index (χ3n) is 3.32. The fourth-order valence-electron chi connectivity index (χ4n) is 1.79. The van der Waals surface area contributed by atoms with Crippen LogP contribution < -0.4 is 10.6 Å². The molecule has 1 aromatic rings. The quantitative estimate of drug-likeness (QED) is 0.570. The second-order valence-corrected chi connectivity index (χ2v) is 6.40. The van der Waals surface area contributed by atoms with Crippen molar-refractivity contribution in [3.63, 3.8) is 0 Å². The minimum absolute atomic E-state index is 0.0561. The van der Waals surface area contributed by atoms with Crippen molar-refractivity contribution in [1.29, 1.82) is 0 Å². The van der Waals surface area contributed by atoms with Crippen LogP contribution in [-0.2, 0) is 4.79 Å². The van der Waals surface area contributed by atoms with E-state index in [1.165, 1.54) is 5.56 Å². The van der Waals surface area contributed by atoms with Crippen molar-refractivity contribution in [3.05, 3.63) is 29.8 Å². The van der Waals surface area contributed by atoms with Gasteiger partial charge >= 0.3 is 0 Å². The van der Waals surface area contributed by atoms with E-state index in [0.717, 1.165) is 24.3 Å². The van der Waals surface area contributed by atoms with Crippen LogP contribution in [0.25, 0.3) is 0 Å². The molecule has 0 aromatic heterocycles. The maximum Gasteiger partial charge on any atom is 0.233 e. The van der Waals surface area contributed by atoms with Gasteiger partial charge in [-0.25, -0.2) is 0 Å². The van der Waals surface area contributed by atoms with Crippen LogP contribution in [0.5, 0.6) is 0 Å². The first-order valence-corrected chi connectivity index (χ1v) is 8.18. The third kappa shape index (κ3) is 5.55. The Balaban J connectivity index is 2.49. The molecule has 0 spiro atoms. The fraction of sp³-hybridized carbons (Fsp3) is 0.562. The molecule has 1 aromatic carbocycles. The first kappa shape index (κ1) is 17.1. The van der Waals surface area contributed by atoms with E-state index < -0.39 is 0 Å². The van der Waals surface area contributed by atoms with Gasteiger partial charge in [0, 0.05) is 17.5 Å². The smallest absolute Gasteiger partial charge is 0.233 e. The highest BCUT2D eigenvalue weighted by Gasteiger charge is 2.13. The highest BCUT2D eigenvalue weighted by Crippen LogP contribution is 2.25. The Hall–Kier alpha value is -1.00. The number of unbranched alkanes of at least 4 members (excludes halogenated alkanes) is 1. The molecule has 3 nitrogen and oxygen atoms in total. The van der Waals surface area contributed by atoms with Gasteiger partial charge in [0.2, 0.25) is 5.91 Å². The van der Waals surface area contributed by atoms with Crippen LogP contribution >= 0.6 is 11.8 Å². The van der Waals surface area contributed by atoms with E-state index in [1.807, 2.05) is 14.0 Å². The van der Waals surface area contributed by atoms with Gasteiger partial charge in [-0.3, -0.25) is 4.79 Å². The number of nitrogens with one attached hydrogen (secondary N) is 2. The summed E-state index contributed by atoms with van der Waals surface area (Å²) in [5.41, 5.74) is 1.26. The van der Waals surface area contributed by atoms with Crippen molar-refractivity contribution >= 4 is 17.7 Å². The summed E-state index contributed by atoms with van der Waals surface area (Å²) in [6.45, 7) is 6.99. The van der Waals surface area contributed by atoms with Gasteiger partial charge in [0.05, 0.1) is 5.25 Å². The normalized spacial score (nSPS) is 13.8. The Kier molecular flexibility index (Phi) is 7.70. The molecule has 0 bridgehead atoms. The Morgan fingerprint density at radius 3 is 2.45 bits per heavy atom. The molecule has 0 radical (unpaired) electrons. The maximum atomic E-state index is 11.9. The van der Waals surface area contributed by atoms with Crippen LogP contribution in [0.4, 0.5) is 0 Å². The van der Waals surface area contributed by atoms with Gasteiger partial charge in [-0.2, -0.15) is 0 Å². The van der Waals surface area contributed by atoms with Crippen molar-refractivity contribution in [2.24, 2.45) is 0 Å². The fourth-order valence-corrected chi connectivity index (χ4v) is 2.68. The van der Waals surface area contributed by atoms with Gasteiger partial charge in [-0.05, 0) is 45.0 Å². The summed E-state index contributed by atoms with van der Waals surface area (Å²) >= 11 is 1.61. The lowest BCUT2D eigenvalue weighted by Gasteiger charge is -2.13. The highest BCUT2D eigenvalue weighted by molar-refractivity contribution is 8.00. The summed E-state index contributed by atoms with van der Waals surface area (Å²) in [4.78, 5) is 13.0. The molecule has 2 N–H and O–H groups in total. The van der Waals surface area contributed by atoms with E-state index >= 15 is 0 Å². The lowest BCUT2D eigenvalue weighted by molar-refractivity contribution is -0.120. The molecule has 1 amide bonds. The van der Waals surface area contributed by atoms with Crippen LogP contribution in [0.1, 0.15) is 45.2 Å². The van der Waals surface area contributed by atoms with Crippen LogP contribution in [0.2, 0.25) is 0 Å². The molecule has 2 atom stereocenters. The summed E-state index contributed by atoms with van der Waals surface area (Å²) < 4.78 is 0. The van der Waals surface area contributed by atoms with E-state index in [0.29, 0.717) is 6.04 Å². The average Bonchev–Trinajstić information content (AvgIpc) is 2.47. The molecule has 0 saturated heterocycles. The van der Waals surface area contributed by atoms with Crippen LogP contribution in [0.3, 0.4) is 0 Å². The monoisotopic (exact) mass is 294 g/mol. The minimum atomic E-state index is -0.0561. The number of rotatable bonds is 8. The summed E-state index contributed by atoms with van der Waals surface area (Å²) in [6, 6.07) is 8.76. The molecule has 1 rings (SSSR count). The number of hydrogen-bond acceptors (Lipinski definition) is 3. The highest BCUT2D eigenvalue weighted by atomic mass is 32.2. The molecule has 2 unspecified atom stereocenters. The van der Waals surface area contributed by atoms with E-state index in [4.69, 9.17) is 0 Å². The van der Waals surface area contributed by atoms with Crippen LogP contribution in [-0.4, -0.2) is 24.7 Å². The number of benzene rings is 1. The summed E-state index contributed by atoms with van der Waals surface area (Å²) in [7, 11) is 1.95. The molecule has 112 valence electrons. The zero-order valence-corrected chi connectivity index (χ0v) is 13.7. The number of amides is 1. The lowest BCUT2D eigenvalue weighted by Crippen LogP contribution is -2.31. The summed E-state index contributed by atoms with van der Waals surface area (Å²) in [6.07, 6.45) is 2.15. The molecule has 0 aliphatic carbocycles. The Labute approximate surface area is 126 Å². The summed E-state index contributed by atoms with van der Waals surface area (Å²) in [5.74, 6) is 0.121. The van der Waals surface area contributed by atoms with E-state index in [-0.39, 0.29) is 11.2 Å². The van der Waals surface area contributed by atoms with Crippen LogP contribution in [0.15, 0.2) is 29.2 Å². The number of thioether (sulfide) groups is 1. The number of hydrogen-bond donors (Lipinski definition) is 2. The average molecular weight is 294 g/mol. The zero-order valence-electron chi connectivity index (χ0n) is 12.9. The molecular weight excluding hydrogens is 268 g/mol. The van der Waals surface area contributed by atoms with Crippen molar-refractivity contribution in [2.45, 2.75) is 49.8 Å². The number of carbonyl (C=O) groups excluding carboxylic acids is 1. The molecule has 0 aliphatic rings. The molecular formula is C16H26N2OS. The zero-order chi connectivity index (χ0) is 15.0. The number of carbonyl (C=O) groups is 1. The SMILES string of the molecule is CCCCNC(=O)C(C)Sc1ccc(C(C)NC)cc1. The Morgan fingerprint density at radius 1 is 1.25 bits per heavy atom. The largest absolute Gasteiger partial charge is 0.355 e. The van der Waals surface area contributed by atoms with Crippen LogP contribution in [0, 0.1) is 0 Å². The van der Waals surface area contributed by atoms with Crippen molar-refractivity contribution in [1.82, 2.24) is 10.6 Å². The lowest BCUT2D eigenvalue weighted by atomic mass is 10.1. The van der Waals surface area contributed by atoms with E-state index in [2.05, 4.69) is 48.7 Å². The first-order chi connectivity index (χ1) is 9.58. The molecule has 0 heterocycles. The Bertz CT molecular complexity index is 405. The van der Waals surface area contributed by atoms with Gasteiger partial charge in [-0.1, -0.05) is 25.5 Å². The van der Waals surface area contributed by atoms with Gasteiger partial charge in [0.25, 0.3) is 0 Å². The second kappa shape index (κ2) is 9.03. The maximum absolute atomic E-state index is 11.9. The molecule has 0 aliphatic heterocycles. The standard InChI is InChI=1S/C16H26N2OS/c1-5-6-11-18-16(19)13(3)20-15-9-7-14(8-10-15)12(2)17-4/h7-10,12-13,17H,5-6,11H2,1-4H3,(H,18,19). The van der Waals surface area contributed by atoms with Gasteiger partial charge in [0.1, 0.15) is 0 Å². The van der Waals surface area contributed by atoms with Crippen molar-refractivity contribution in [3.8, 4) is 0 Å². The van der Waals surface area contributed by atoms with Crippen molar-refractivity contribution in [2.75, 3.05) is 13.6 Å². The van der Waals surface area contributed by atoms with E-state index in [1.54, 1.807) is 11.8 Å². The Morgan fingerprint density at radius 2 is 1.90 bits per heavy atom. The van der Waals surface area contributed by atoms with E-state index in [9.17, 15) is 4.79 Å². The van der Waals surface area contributed by atoms with Gasteiger partial charge in [-0.15, -0.1) is 11.8 Å². The first-order valence-electron chi connectivity index (χ1n) is 7.30. The minimum Gasteiger partial charge on any atom is -0.355 e. The predicted molar refractivity (Wildman–Crippen MR) is 87.2 cm³/mol. The summed E-state index contributed by atoms with van der Waals surface area (Å²) in [5, 5.41) is 6.13. The molecule has 0 saturated carbocycles. The molecule has 4 heteroatoms. The van der Waals surface area contributed by atoms with Crippen molar-refractivity contribution < 1.29 is 4.79 Å².